The number of hydrogen-bond acceptors (Lipinski definition) is 4. The summed E-state index contributed by atoms with van der Waals surface area (Å²) in [6, 6.07) is 0. The number of aromatic nitrogens is 4. The number of rotatable bonds is 2. The van der Waals surface area contributed by atoms with E-state index < -0.39 is 0 Å². The fourth-order valence-corrected chi connectivity index (χ4v) is 1.18. The molecule has 0 aromatic carbocycles. The van der Waals surface area contributed by atoms with Gasteiger partial charge in [0.05, 0.1) is 12.4 Å². The molecule has 0 fully saturated rings. The predicted molar refractivity (Wildman–Crippen MR) is 50.6 cm³/mol. The van der Waals surface area contributed by atoms with E-state index >= 15 is 0 Å². The van der Waals surface area contributed by atoms with Crippen LogP contribution in [-0.2, 0) is 0 Å². The number of fused-ring (bicyclic) bond motifs is 1. The maximum absolute atomic E-state index is 5.56. The van der Waals surface area contributed by atoms with Crippen LogP contribution in [0.15, 0.2) is 6.33 Å². The molecular formula is C8H12N5O+. The van der Waals surface area contributed by atoms with Crippen LogP contribution in [0.3, 0.4) is 0 Å². The highest BCUT2D eigenvalue weighted by Crippen LogP contribution is 2.16. The molecule has 0 saturated heterocycles. The molecule has 2 rings (SSSR count). The van der Waals surface area contributed by atoms with E-state index in [-0.39, 0.29) is 6.10 Å². The average Bonchev–Trinajstić information content (AvgIpc) is 2.50. The number of hydrogen-bond donors (Lipinski definition) is 2. The van der Waals surface area contributed by atoms with Crippen molar-refractivity contribution in [3.05, 3.63) is 6.33 Å². The van der Waals surface area contributed by atoms with Gasteiger partial charge in [-0.1, -0.05) is 0 Å². The molecule has 0 amide bonds. The fourth-order valence-electron chi connectivity index (χ4n) is 1.18. The van der Waals surface area contributed by atoms with Crippen molar-refractivity contribution in [2.24, 2.45) is 0 Å². The zero-order valence-electron chi connectivity index (χ0n) is 8.03. The van der Waals surface area contributed by atoms with Crippen LogP contribution in [0.4, 0.5) is 5.95 Å². The molecule has 2 aromatic rings. The quantitative estimate of drug-likeness (QED) is 0.711. The smallest absolute Gasteiger partial charge is 0.392 e. The van der Waals surface area contributed by atoms with Gasteiger partial charge in [0.25, 0.3) is 11.5 Å². The first-order valence-electron chi connectivity index (χ1n) is 4.35. The summed E-state index contributed by atoms with van der Waals surface area (Å²) in [5.74, 6) is 0.861. The molecule has 0 radical (unpaired) electrons. The highest BCUT2D eigenvalue weighted by atomic mass is 16.5. The van der Waals surface area contributed by atoms with E-state index in [1.807, 2.05) is 13.8 Å². The highest BCUT2D eigenvalue weighted by Gasteiger charge is 2.15. The van der Waals surface area contributed by atoms with E-state index in [0.29, 0.717) is 17.5 Å². The van der Waals surface area contributed by atoms with Gasteiger partial charge in [-0.05, 0) is 18.8 Å². The van der Waals surface area contributed by atoms with Crippen molar-refractivity contribution in [1.82, 2.24) is 15.0 Å². The van der Waals surface area contributed by atoms with Gasteiger partial charge in [-0.15, -0.1) is 0 Å². The molecule has 0 aliphatic carbocycles. The van der Waals surface area contributed by atoms with Crippen molar-refractivity contribution in [3.63, 3.8) is 0 Å². The van der Waals surface area contributed by atoms with Crippen molar-refractivity contribution in [3.8, 4) is 5.88 Å². The van der Waals surface area contributed by atoms with E-state index in [0.717, 1.165) is 5.52 Å². The van der Waals surface area contributed by atoms with Crippen LogP contribution in [-0.4, -0.2) is 21.1 Å². The van der Waals surface area contributed by atoms with E-state index in [2.05, 4.69) is 19.9 Å². The summed E-state index contributed by atoms with van der Waals surface area (Å²) in [5.41, 5.74) is 6.84. The van der Waals surface area contributed by atoms with Crippen molar-refractivity contribution in [1.29, 1.82) is 0 Å². The number of nitrogens with zero attached hydrogens (tertiary/aromatic N) is 2. The van der Waals surface area contributed by atoms with Crippen LogP contribution in [0, 0.1) is 0 Å². The number of ether oxygens (including phenoxy) is 1. The van der Waals surface area contributed by atoms with Gasteiger partial charge >= 0.3 is 5.95 Å². The lowest BCUT2D eigenvalue weighted by Crippen LogP contribution is -2.20. The first kappa shape index (κ1) is 8.74. The van der Waals surface area contributed by atoms with Gasteiger partial charge in [-0.3, -0.25) is 5.73 Å². The third-order valence-corrected chi connectivity index (χ3v) is 1.67. The Balaban J connectivity index is 2.55. The Morgan fingerprint density at radius 1 is 1.57 bits per heavy atom. The van der Waals surface area contributed by atoms with Crippen LogP contribution in [0.1, 0.15) is 13.8 Å². The van der Waals surface area contributed by atoms with Gasteiger partial charge in [0.15, 0.2) is 5.52 Å². The molecule has 0 bridgehead atoms. The van der Waals surface area contributed by atoms with Crippen LogP contribution < -0.4 is 15.5 Å². The van der Waals surface area contributed by atoms with E-state index in [9.17, 15) is 0 Å². The van der Waals surface area contributed by atoms with E-state index in [1.54, 1.807) is 6.33 Å². The standard InChI is InChI=1S/C8H11N5O/c1-4(2)14-7-5-6(11-3-10-5)12-8(9)13-7/h3-4H,1-2H3,(H3,9,10,11,12,13)/p+1. The zero-order valence-corrected chi connectivity index (χ0v) is 8.03. The van der Waals surface area contributed by atoms with Crippen molar-refractivity contribution in [2.75, 3.05) is 5.73 Å². The molecule has 0 aliphatic heterocycles. The largest absolute Gasteiger partial charge is 0.464 e. The molecule has 2 aromatic heterocycles. The maximum atomic E-state index is 5.56. The van der Waals surface area contributed by atoms with Gasteiger partial charge in [-0.2, -0.15) is 0 Å². The number of nitrogens with two attached hydrogens (primary N) is 1. The molecular weight excluding hydrogens is 182 g/mol. The molecule has 6 heteroatoms. The average molecular weight is 194 g/mol. The summed E-state index contributed by atoms with van der Waals surface area (Å²) in [6.07, 6.45) is 1.62. The Kier molecular flexibility index (Phi) is 1.95. The third kappa shape index (κ3) is 1.46. The van der Waals surface area contributed by atoms with E-state index in [1.165, 1.54) is 0 Å². The second-order valence-corrected chi connectivity index (χ2v) is 3.22. The second-order valence-electron chi connectivity index (χ2n) is 3.22. The number of H-pyrrole nitrogens is 2. The number of nitrogen functional groups attached to an aromatic ring is 1. The molecule has 2 heterocycles. The van der Waals surface area contributed by atoms with Crippen LogP contribution in [0.2, 0.25) is 0 Å². The molecule has 0 atom stereocenters. The lowest BCUT2D eigenvalue weighted by atomic mass is 10.4. The molecule has 0 spiro atoms. The summed E-state index contributed by atoms with van der Waals surface area (Å²) in [5, 5.41) is 0. The van der Waals surface area contributed by atoms with Gasteiger partial charge in [0.1, 0.15) is 0 Å². The predicted octanol–water partition coefficient (Wildman–Crippen LogP) is 0.141. The van der Waals surface area contributed by atoms with Gasteiger partial charge in [0, 0.05) is 0 Å². The van der Waals surface area contributed by atoms with Crippen molar-refractivity contribution >= 4 is 17.1 Å². The Labute approximate surface area is 80.5 Å². The second kappa shape index (κ2) is 3.13. The third-order valence-electron chi connectivity index (χ3n) is 1.67. The van der Waals surface area contributed by atoms with Gasteiger partial charge in [-0.25, -0.2) is 9.97 Å². The first-order valence-corrected chi connectivity index (χ1v) is 4.35. The first-order chi connectivity index (χ1) is 6.66. The van der Waals surface area contributed by atoms with E-state index in [4.69, 9.17) is 10.5 Å². The Morgan fingerprint density at radius 2 is 2.36 bits per heavy atom. The summed E-state index contributed by atoms with van der Waals surface area (Å²) in [7, 11) is 0. The van der Waals surface area contributed by atoms with Crippen molar-refractivity contribution < 1.29 is 9.72 Å². The SMILES string of the molecule is CC(C)Oc1[nH+]c(N)nc2nc[nH]c12. The minimum atomic E-state index is 0.0690. The molecule has 0 saturated carbocycles. The van der Waals surface area contributed by atoms with Crippen LogP contribution in [0.5, 0.6) is 5.88 Å². The zero-order chi connectivity index (χ0) is 10.1. The molecule has 14 heavy (non-hydrogen) atoms. The van der Waals surface area contributed by atoms with Gasteiger partial charge < -0.3 is 9.72 Å². The van der Waals surface area contributed by atoms with Gasteiger partial charge in [0.2, 0.25) is 0 Å². The number of aromatic amines is 2. The van der Waals surface area contributed by atoms with Crippen LogP contribution in [0.25, 0.3) is 11.2 Å². The lowest BCUT2D eigenvalue weighted by molar-refractivity contribution is -0.381. The minimum Gasteiger partial charge on any atom is -0.464 e. The highest BCUT2D eigenvalue weighted by molar-refractivity contribution is 5.74. The summed E-state index contributed by atoms with van der Waals surface area (Å²) < 4.78 is 5.52. The maximum Gasteiger partial charge on any atom is 0.392 e. The fraction of sp³-hybridized carbons (Fsp3) is 0.375. The normalized spacial score (nSPS) is 11.1. The Morgan fingerprint density at radius 3 is 3.07 bits per heavy atom. The molecule has 0 aliphatic rings. The number of imidazole rings is 1. The van der Waals surface area contributed by atoms with Crippen LogP contribution >= 0.6 is 0 Å². The molecule has 74 valence electrons. The Hall–Kier alpha value is -1.85. The Bertz CT molecular complexity index is 450. The van der Waals surface area contributed by atoms with Crippen molar-refractivity contribution in [2.45, 2.75) is 20.0 Å². The molecule has 4 N–H and O–H groups in total. The number of anilines is 1. The lowest BCUT2D eigenvalue weighted by Gasteiger charge is -2.06. The molecule has 6 nitrogen and oxygen atoms in total. The summed E-state index contributed by atoms with van der Waals surface area (Å²) in [4.78, 5) is 13.8. The topological polar surface area (TPSA) is 91.0 Å². The number of nitrogens with one attached hydrogen (secondary N) is 2. The minimum absolute atomic E-state index is 0.0690. The summed E-state index contributed by atoms with van der Waals surface area (Å²) in [6.45, 7) is 3.87. The monoisotopic (exact) mass is 194 g/mol. The summed E-state index contributed by atoms with van der Waals surface area (Å²) >= 11 is 0. The molecule has 0 unspecified atom stereocenters.